The van der Waals surface area contributed by atoms with E-state index in [9.17, 15) is 26.4 Å². The monoisotopic (exact) mass is 487 g/mol. The summed E-state index contributed by atoms with van der Waals surface area (Å²) < 4.78 is 62.2. The third-order valence-electron chi connectivity index (χ3n) is 5.24. The van der Waals surface area contributed by atoms with Crippen LogP contribution < -0.4 is 16.0 Å². The highest BCUT2D eigenvalue weighted by atomic mass is 32.2. The van der Waals surface area contributed by atoms with Gasteiger partial charge in [0.15, 0.2) is 9.84 Å². The van der Waals surface area contributed by atoms with Crippen LogP contribution in [0.2, 0.25) is 0 Å². The zero-order chi connectivity index (χ0) is 24.4. The standard InChI is InChI=1S/C19H24F3N7O3S/c1-24-8-12(7-23)27-17-25-9-15(33(2,31)32)16(28-17)11-5-13-3-4-14(6-11)29(13)18(30)26-10-19(20,21)22/h5,7-9,13-14,23-24H,3-4,6,10H2,1-2H3,(H,26,30)(H,25,27,28)/b12-8+,23-7?. The Balaban J connectivity index is 1.93. The zero-order valence-corrected chi connectivity index (χ0v) is 18.7. The Morgan fingerprint density at radius 2 is 2.09 bits per heavy atom. The zero-order valence-electron chi connectivity index (χ0n) is 17.9. The van der Waals surface area contributed by atoms with Crippen LogP contribution in [0.15, 0.2) is 29.1 Å². The van der Waals surface area contributed by atoms with Gasteiger partial charge < -0.3 is 26.3 Å². The molecule has 0 radical (unpaired) electrons. The molecule has 10 nitrogen and oxygen atoms in total. The van der Waals surface area contributed by atoms with Crippen molar-refractivity contribution in [3.63, 3.8) is 0 Å². The van der Waals surface area contributed by atoms with Crippen LogP contribution in [0.3, 0.4) is 0 Å². The van der Waals surface area contributed by atoms with Crippen molar-refractivity contribution < 1.29 is 26.4 Å². The molecule has 0 saturated carbocycles. The van der Waals surface area contributed by atoms with Crippen molar-refractivity contribution >= 4 is 33.6 Å². The molecule has 3 rings (SSSR count). The first-order valence-electron chi connectivity index (χ1n) is 9.99. The first kappa shape index (κ1) is 24.5. The largest absolute Gasteiger partial charge is 0.405 e. The number of urea groups is 1. The Morgan fingerprint density at radius 1 is 1.36 bits per heavy atom. The Kier molecular flexibility index (Phi) is 6.95. The average Bonchev–Trinajstić information content (AvgIpc) is 2.99. The van der Waals surface area contributed by atoms with E-state index in [4.69, 9.17) is 5.41 Å². The summed E-state index contributed by atoms with van der Waals surface area (Å²) in [5.74, 6) is 0.0704. The molecule has 2 atom stereocenters. The Morgan fingerprint density at radius 3 is 2.67 bits per heavy atom. The summed E-state index contributed by atoms with van der Waals surface area (Å²) in [6, 6.07) is -1.67. The number of rotatable bonds is 7. The topological polar surface area (TPSA) is 140 Å². The lowest BCUT2D eigenvalue weighted by atomic mass is 9.98. The number of fused-ring (bicyclic) bond motifs is 2. The quantitative estimate of drug-likeness (QED) is 0.431. The van der Waals surface area contributed by atoms with E-state index in [1.807, 2.05) is 5.32 Å². The minimum Gasteiger partial charge on any atom is -0.392 e. The second-order valence-electron chi connectivity index (χ2n) is 7.71. The molecule has 1 aromatic heterocycles. The Bertz CT molecular complexity index is 1100. The molecule has 1 saturated heterocycles. The third kappa shape index (κ3) is 5.80. The van der Waals surface area contributed by atoms with E-state index < -0.39 is 34.6 Å². The molecule has 2 unspecified atom stereocenters. The van der Waals surface area contributed by atoms with Crippen molar-refractivity contribution in [3.8, 4) is 0 Å². The summed E-state index contributed by atoms with van der Waals surface area (Å²) in [5.41, 5.74) is 1.07. The number of nitrogens with one attached hydrogen (secondary N) is 4. The van der Waals surface area contributed by atoms with Gasteiger partial charge in [-0.25, -0.2) is 23.2 Å². The van der Waals surface area contributed by atoms with E-state index in [0.717, 1.165) is 12.5 Å². The maximum absolute atomic E-state index is 12.5. The lowest BCUT2D eigenvalue weighted by Crippen LogP contribution is -2.50. The number of halogens is 3. The van der Waals surface area contributed by atoms with Crippen molar-refractivity contribution in [2.45, 2.75) is 42.4 Å². The number of sulfone groups is 1. The van der Waals surface area contributed by atoms with Crippen LogP contribution in [-0.4, -0.2) is 73.6 Å². The summed E-state index contributed by atoms with van der Waals surface area (Å²) in [6.45, 7) is -1.42. The predicted octanol–water partition coefficient (Wildman–Crippen LogP) is 1.89. The molecule has 2 aliphatic rings. The lowest BCUT2D eigenvalue weighted by molar-refractivity contribution is -0.123. The van der Waals surface area contributed by atoms with Gasteiger partial charge in [-0.15, -0.1) is 0 Å². The molecular weight excluding hydrogens is 463 g/mol. The summed E-state index contributed by atoms with van der Waals surface area (Å²) in [7, 11) is -2.05. The SMILES string of the molecule is CN/C=C(\C=N)Nc1ncc(S(C)(=O)=O)c(C2=CC3CCC(C2)N3C(=O)NCC(F)(F)F)n1. The van der Waals surface area contributed by atoms with Crippen molar-refractivity contribution in [1.82, 2.24) is 25.5 Å². The fourth-order valence-corrected chi connectivity index (χ4v) is 4.69. The van der Waals surface area contributed by atoms with Crippen LogP contribution >= 0.6 is 0 Å². The van der Waals surface area contributed by atoms with E-state index in [-0.39, 0.29) is 29.0 Å². The number of aromatic nitrogens is 2. The molecule has 2 bridgehead atoms. The first-order valence-corrected chi connectivity index (χ1v) is 11.9. The van der Waals surface area contributed by atoms with Crippen LogP contribution in [0.5, 0.6) is 0 Å². The molecular formula is C19H24F3N7O3S. The third-order valence-corrected chi connectivity index (χ3v) is 6.34. The number of anilines is 1. The number of carbonyl (C=O) groups is 1. The summed E-state index contributed by atoms with van der Waals surface area (Å²) in [4.78, 5) is 22.0. The van der Waals surface area contributed by atoms with Gasteiger partial charge in [0.2, 0.25) is 5.95 Å². The van der Waals surface area contributed by atoms with E-state index in [1.54, 1.807) is 13.1 Å². The molecule has 14 heteroatoms. The molecule has 2 aliphatic heterocycles. The van der Waals surface area contributed by atoms with Gasteiger partial charge >= 0.3 is 12.2 Å². The number of hydrogen-bond donors (Lipinski definition) is 4. The summed E-state index contributed by atoms with van der Waals surface area (Å²) >= 11 is 0. The fraction of sp³-hybridized carbons (Fsp3) is 0.474. The van der Waals surface area contributed by atoms with Gasteiger partial charge in [0.05, 0.1) is 23.6 Å². The van der Waals surface area contributed by atoms with E-state index >= 15 is 0 Å². The van der Waals surface area contributed by atoms with Crippen LogP contribution in [0.4, 0.5) is 23.9 Å². The van der Waals surface area contributed by atoms with Crippen molar-refractivity contribution in [2.24, 2.45) is 0 Å². The van der Waals surface area contributed by atoms with Crippen LogP contribution in [0.25, 0.3) is 5.57 Å². The van der Waals surface area contributed by atoms with E-state index in [0.29, 0.717) is 24.1 Å². The van der Waals surface area contributed by atoms with Gasteiger partial charge in [0.1, 0.15) is 11.4 Å². The van der Waals surface area contributed by atoms with Crippen molar-refractivity contribution in [2.75, 3.05) is 25.2 Å². The number of allylic oxidation sites excluding steroid dienone is 1. The molecule has 3 heterocycles. The number of nitrogens with zero attached hydrogens (tertiary/aromatic N) is 3. The molecule has 1 aromatic rings. The highest BCUT2D eigenvalue weighted by Crippen LogP contribution is 2.39. The number of hydrogen-bond acceptors (Lipinski definition) is 8. The highest BCUT2D eigenvalue weighted by Gasteiger charge is 2.41. The molecule has 4 N–H and O–H groups in total. The summed E-state index contributed by atoms with van der Waals surface area (Å²) in [5, 5.41) is 14.9. The van der Waals surface area contributed by atoms with Crippen molar-refractivity contribution in [1.29, 1.82) is 5.41 Å². The number of alkyl halides is 3. The molecule has 0 aromatic carbocycles. The number of amides is 2. The lowest BCUT2D eigenvalue weighted by Gasteiger charge is -2.34. The normalized spacial score (nSPS) is 20.8. The van der Waals surface area contributed by atoms with Crippen LogP contribution in [0.1, 0.15) is 25.0 Å². The fourth-order valence-electron chi connectivity index (χ4n) is 3.92. The van der Waals surface area contributed by atoms with Gasteiger partial charge in [-0.05, 0) is 24.8 Å². The predicted molar refractivity (Wildman–Crippen MR) is 115 cm³/mol. The molecule has 2 amide bonds. The van der Waals surface area contributed by atoms with Gasteiger partial charge in [-0.2, -0.15) is 13.2 Å². The molecule has 180 valence electrons. The summed E-state index contributed by atoms with van der Waals surface area (Å²) in [6.07, 6.45) is 3.24. The van der Waals surface area contributed by atoms with Crippen LogP contribution in [-0.2, 0) is 9.84 Å². The van der Waals surface area contributed by atoms with Crippen LogP contribution in [0, 0.1) is 5.41 Å². The maximum atomic E-state index is 12.5. The van der Waals surface area contributed by atoms with E-state index in [2.05, 4.69) is 20.6 Å². The minimum absolute atomic E-state index is 0.0704. The van der Waals surface area contributed by atoms with Gasteiger partial charge in [0, 0.05) is 31.8 Å². The highest BCUT2D eigenvalue weighted by molar-refractivity contribution is 7.90. The number of carbonyl (C=O) groups excluding carboxylic acids is 1. The second kappa shape index (κ2) is 9.37. The smallest absolute Gasteiger partial charge is 0.392 e. The Labute approximate surface area is 188 Å². The first-order chi connectivity index (χ1) is 15.4. The average molecular weight is 488 g/mol. The molecule has 33 heavy (non-hydrogen) atoms. The second-order valence-corrected chi connectivity index (χ2v) is 9.70. The molecule has 1 fully saturated rings. The molecule has 0 spiro atoms. The minimum atomic E-state index is -4.52. The van der Waals surface area contributed by atoms with Gasteiger partial charge in [-0.3, -0.25) is 0 Å². The maximum Gasteiger partial charge on any atom is 0.405 e. The van der Waals surface area contributed by atoms with Crippen molar-refractivity contribution in [3.05, 3.63) is 29.9 Å². The Hall–Kier alpha value is -3.16. The van der Waals surface area contributed by atoms with E-state index in [1.165, 1.54) is 17.3 Å². The van der Waals surface area contributed by atoms with Gasteiger partial charge in [-0.1, -0.05) is 6.08 Å². The van der Waals surface area contributed by atoms with Gasteiger partial charge in [0.25, 0.3) is 0 Å². The molecule has 0 aliphatic carbocycles.